The van der Waals surface area contributed by atoms with E-state index < -0.39 is 0 Å². The first-order chi connectivity index (χ1) is 11.5. The second-order valence-electron chi connectivity index (χ2n) is 6.78. The summed E-state index contributed by atoms with van der Waals surface area (Å²) in [4.78, 5) is 2.35. The van der Waals surface area contributed by atoms with Crippen LogP contribution in [0.2, 0.25) is 0 Å². The molecule has 2 rings (SSSR count). The molecule has 0 aliphatic rings. The first-order valence-corrected chi connectivity index (χ1v) is 8.71. The van der Waals surface area contributed by atoms with Gasteiger partial charge >= 0.3 is 0 Å². The fraction of sp³-hybridized carbons (Fsp3) is 0.429. The Balaban J connectivity index is 2.03. The van der Waals surface area contributed by atoms with E-state index in [-0.39, 0.29) is 12.6 Å². The fourth-order valence-electron chi connectivity index (χ4n) is 2.68. The highest BCUT2D eigenvalue weighted by molar-refractivity contribution is 5.28. The minimum absolute atomic E-state index is 0.0882. The zero-order valence-electron chi connectivity index (χ0n) is 15.3. The SMILES string of the molecule is CC(NCc1ccccc1CN(C)C(C)C)c1cccc(CO)c1. The van der Waals surface area contributed by atoms with Crippen LogP contribution in [0.25, 0.3) is 0 Å². The van der Waals surface area contributed by atoms with Crippen LogP contribution in [-0.4, -0.2) is 23.1 Å². The summed E-state index contributed by atoms with van der Waals surface area (Å²) in [6, 6.07) is 17.5. The molecule has 1 atom stereocenters. The maximum Gasteiger partial charge on any atom is 0.0681 e. The molecule has 24 heavy (non-hydrogen) atoms. The highest BCUT2D eigenvalue weighted by Crippen LogP contribution is 2.17. The van der Waals surface area contributed by atoms with Crippen molar-refractivity contribution in [3.8, 4) is 0 Å². The van der Waals surface area contributed by atoms with E-state index in [4.69, 9.17) is 0 Å². The smallest absolute Gasteiger partial charge is 0.0681 e. The van der Waals surface area contributed by atoms with Crippen LogP contribution in [0, 0.1) is 0 Å². The van der Waals surface area contributed by atoms with Gasteiger partial charge in [0, 0.05) is 25.2 Å². The maximum atomic E-state index is 9.29. The van der Waals surface area contributed by atoms with E-state index in [0.29, 0.717) is 6.04 Å². The first kappa shape index (κ1) is 18.7. The second kappa shape index (κ2) is 8.97. The molecule has 2 aromatic carbocycles. The van der Waals surface area contributed by atoms with Crippen LogP contribution in [-0.2, 0) is 19.7 Å². The largest absolute Gasteiger partial charge is 0.392 e. The summed E-state index contributed by atoms with van der Waals surface area (Å²) in [5.41, 5.74) is 4.88. The molecule has 0 saturated carbocycles. The lowest BCUT2D eigenvalue weighted by atomic mass is 10.0. The molecule has 3 nitrogen and oxygen atoms in total. The Kier molecular flexibility index (Phi) is 6.98. The Morgan fingerprint density at radius 2 is 1.71 bits per heavy atom. The molecule has 0 bridgehead atoms. The van der Waals surface area contributed by atoms with Gasteiger partial charge in [0.05, 0.1) is 6.61 Å². The van der Waals surface area contributed by atoms with Crippen molar-refractivity contribution in [1.82, 2.24) is 10.2 Å². The number of aliphatic hydroxyl groups is 1. The molecule has 2 N–H and O–H groups in total. The van der Waals surface area contributed by atoms with Gasteiger partial charge in [0.15, 0.2) is 0 Å². The number of benzene rings is 2. The Morgan fingerprint density at radius 1 is 1.00 bits per heavy atom. The van der Waals surface area contributed by atoms with E-state index in [1.807, 2.05) is 12.1 Å². The van der Waals surface area contributed by atoms with Crippen LogP contribution in [0.15, 0.2) is 48.5 Å². The molecule has 0 spiro atoms. The molecule has 0 heterocycles. The van der Waals surface area contributed by atoms with E-state index >= 15 is 0 Å². The van der Waals surface area contributed by atoms with Gasteiger partial charge < -0.3 is 10.4 Å². The Labute approximate surface area is 146 Å². The summed E-state index contributed by atoms with van der Waals surface area (Å²) in [6.07, 6.45) is 0. The predicted molar refractivity (Wildman–Crippen MR) is 101 cm³/mol. The standard InChI is InChI=1S/C21H30N2O/c1-16(2)23(4)14-21-10-6-5-9-20(21)13-22-17(3)19-11-7-8-18(12-19)15-24/h5-12,16-17,22,24H,13-15H2,1-4H3. The average Bonchev–Trinajstić information content (AvgIpc) is 2.60. The molecule has 0 radical (unpaired) electrons. The van der Waals surface area contributed by atoms with Crippen LogP contribution in [0.1, 0.15) is 49.1 Å². The quantitative estimate of drug-likeness (QED) is 0.773. The molecule has 0 aliphatic heterocycles. The minimum Gasteiger partial charge on any atom is -0.392 e. The monoisotopic (exact) mass is 326 g/mol. The van der Waals surface area contributed by atoms with Crippen molar-refractivity contribution in [1.29, 1.82) is 0 Å². The Bertz CT molecular complexity index is 639. The number of rotatable bonds is 8. The lowest BCUT2D eigenvalue weighted by Gasteiger charge is -2.23. The van der Waals surface area contributed by atoms with Crippen molar-refractivity contribution in [2.75, 3.05) is 7.05 Å². The number of aliphatic hydroxyl groups excluding tert-OH is 1. The lowest BCUT2D eigenvalue weighted by Crippen LogP contribution is -2.27. The van der Waals surface area contributed by atoms with Crippen molar-refractivity contribution < 1.29 is 5.11 Å². The number of hydrogen-bond acceptors (Lipinski definition) is 3. The molecular weight excluding hydrogens is 296 g/mol. The van der Waals surface area contributed by atoms with E-state index in [1.54, 1.807) is 0 Å². The third kappa shape index (κ3) is 5.17. The Hall–Kier alpha value is -1.68. The molecule has 130 valence electrons. The van der Waals surface area contributed by atoms with Gasteiger partial charge in [-0.15, -0.1) is 0 Å². The topological polar surface area (TPSA) is 35.5 Å². The summed E-state index contributed by atoms with van der Waals surface area (Å²) < 4.78 is 0. The first-order valence-electron chi connectivity index (χ1n) is 8.71. The van der Waals surface area contributed by atoms with E-state index in [1.165, 1.54) is 16.7 Å². The van der Waals surface area contributed by atoms with Crippen molar-refractivity contribution >= 4 is 0 Å². The lowest BCUT2D eigenvalue weighted by molar-refractivity contribution is 0.265. The summed E-state index contributed by atoms with van der Waals surface area (Å²) >= 11 is 0. The molecule has 0 saturated heterocycles. The summed E-state index contributed by atoms with van der Waals surface area (Å²) in [6.45, 7) is 8.50. The number of nitrogens with zero attached hydrogens (tertiary/aromatic N) is 1. The van der Waals surface area contributed by atoms with Crippen molar-refractivity contribution in [2.24, 2.45) is 0 Å². The van der Waals surface area contributed by atoms with Gasteiger partial charge in [0.2, 0.25) is 0 Å². The average molecular weight is 326 g/mol. The normalized spacial score (nSPS) is 12.8. The molecule has 0 aromatic heterocycles. The molecule has 2 aromatic rings. The molecule has 1 unspecified atom stereocenters. The van der Waals surface area contributed by atoms with Gasteiger partial charge in [0.1, 0.15) is 0 Å². The van der Waals surface area contributed by atoms with Gasteiger partial charge in [0.25, 0.3) is 0 Å². The van der Waals surface area contributed by atoms with E-state index in [2.05, 4.69) is 74.4 Å². The number of hydrogen-bond donors (Lipinski definition) is 2. The van der Waals surface area contributed by atoms with Gasteiger partial charge in [-0.1, -0.05) is 48.5 Å². The second-order valence-corrected chi connectivity index (χ2v) is 6.78. The zero-order chi connectivity index (χ0) is 17.5. The van der Waals surface area contributed by atoms with Crippen molar-refractivity contribution in [2.45, 2.75) is 52.6 Å². The van der Waals surface area contributed by atoms with Crippen molar-refractivity contribution in [3.05, 3.63) is 70.8 Å². The number of nitrogens with one attached hydrogen (secondary N) is 1. The van der Waals surface area contributed by atoms with Crippen LogP contribution >= 0.6 is 0 Å². The third-order valence-corrected chi connectivity index (χ3v) is 4.65. The van der Waals surface area contributed by atoms with Gasteiger partial charge in [-0.05, 0) is 50.1 Å². The third-order valence-electron chi connectivity index (χ3n) is 4.65. The highest BCUT2D eigenvalue weighted by Gasteiger charge is 2.10. The van der Waals surface area contributed by atoms with E-state index in [0.717, 1.165) is 18.7 Å². The molecule has 0 fully saturated rings. The highest BCUT2D eigenvalue weighted by atomic mass is 16.3. The summed E-state index contributed by atoms with van der Waals surface area (Å²) in [5, 5.41) is 12.9. The molecule has 0 aliphatic carbocycles. The minimum atomic E-state index is 0.0882. The van der Waals surface area contributed by atoms with Crippen LogP contribution in [0.5, 0.6) is 0 Å². The predicted octanol–water partition coefficient (Wildman–Crippen LogP) is 3.87. The molecule has 0 amide bonds. The summed E-state index contributed by atoms with van der Waals surface area (Å²) in [7, 11) is 2.16. The summed E-state index contributed by atoms with van der Waals surface area (Å²) in [5.74, 6) is 0. The van der Waals surface area contributed by atoms with Gasteiger partial charge in [-0.2, -0.15) is 0 Å². The zero-order valence-corrected chi connectivity index (χ0v) is 15.3. The van der Waals surface area contributed by atoms with Crippen LogP contribution < -0.4 is 5.32 Å². The fourth-order valence-corrected chi connectivity index (χ4v) is 2.68. The van der Waals surface area contributed by atoms with Crippen molar-refractivity contribution in [3.63, 3.8) is 0 Å². The van der Waals surface area contributed by atoms with Gasteiger partial charge in [-0.25, -0.2) is 0 Å². The van der Waals surface area contributed by atoms with Crippen LogP contribution in [0.4, 0.5) is 0 Å². The maximum absolute atomic E-state index is 9.29. The van der Waals surface area contributed by atoms with Gasteiger partial charge in [-0.3, -0.25) is 4.90 Å². The molecular formula is C21H30N2O. The van der Waals surface area contributed by atoms with Crippen LogP contribution in [0.3, 0.4) is 0 Å². The Morgan fingerprint density at radius 3 is 2.38 bits per heavy atom. The molecule has 3 heteroatoms. The van der Waals surface area contributed by atoms with E-state index in [9.17, 15) is 5.11 Å².